The number of amides is 2. The van der Waals surface area contributed by atoms with E-state index in [1.807, 2.05) is 74.2 Å². The summed E-state index contributed by atoms with van der Waals surface area (Å²) in [5.41, 5.74) is 3.72. The number of anilines is 2. The third kappa shape index (κ3) is 5.95. The van der Waals surface area contributed by atoms with Gasteiger partial charge in [-0.25, -0.2) is 0 Å². The molecule has 1 saturated heterocycles. The number of rotatable bonds is 6. The van der Waals surface area contributed by atoms with E-state index in [0.717, 1.165) is 11.3 Å². The van der Waals surface area contributed by atoms with E-state index in [9.17, 15) is 9.59 Å². The summed E-state index contributed by atoms with van der Waals surface area (Å²) in [7, 11) is 0. The van der Waals surface area contributed by atoms with Gasteiger partial charge in [-0.15, -0.1) is 0 Å². The van der Waals surface area contributed by atoms with Crippen LogP contribution in [0, 0.1) is 6.92 Å². The molecule has 0 atom stereocenters. The second kappa shape index (κ2) is 10.8. The summed E-state index contributed by atoms with van der Waals surface area (Å²) < 4.78 is 5.72. The Kier molecular flexibility index (Phi) is 7.61. The molecule has 0 unspecified atom stereocenters. The molecule has 4 rings (SSSR count). The van der Waals surface area contributed by atoms with E-state index in [-0.39, 0.29) is 17.9 Å². The molecule has 7 heteroatoms. The first kappa shape index (κ1) is 24.6. The Morgan fingerprint density at radius 3 is 2.29 bits per heavy atom. The molecular formula is C28H30ClN3O3. The number of nitrogens with zero attached hydrogens (tertiary/aromatic N) is 2. The van der Waals surface area contributed by atoms with Gasteiger partial charge in [0.25, 0.3) is 11.8 Å². The highest BCUT2D eigenvalue weighted by Gasteiger charge is 2.25. The molecule has 0 saturated carbocycles. The molecule has 6 nitrogen and oxygen atoms in total. The van der Waals surface area contributed by atoms with Gasteiger partial charge in [-0.3, -0.25) is 9.59 Å². The summed E-state index contributed by atoms with van der Waals surface area (Å²) in [6.45, 7) is 8.25. The third-order valence-electron chi connectivity index (χ3n) is 5.88. The molecule has 1 heterocycles. The number of hydrogen-bond acceptors (Lipinski definition) is 4. The lowest BCUT2D eigenvalue weighted by Gasteiger charge is -2.37. The maximum atomic E-state index is 13.0. The van der Waals surface area contributed by atoms with Crippen molar-refractivity contribution in [3.63, 3.8) is 0 Å². The number of piperazine rings is 1. The number of halogens is 1. The number of aryl methyl sites for hydroxylation is 1. The van der Waals surface area contributed by atoms with Crippen LogP contribution in [0.4, 0.5) is 11.4 Å². The predicted octanol–water partition coefficient (Wildman–Crippen LogP) is 5.65. The summed E-state index contributed by atoms with van der Waals surface area (Å²) in [4.78, 5) is 29.9. The van der Waals surface area contributed by atoms with Crippen LogP contribution in [0.5, 0.6) is 5.75 Å². The largest absolute Gasteiger partial charge is 0.491 e. The van der Waals surface area contributed by atoms with Crippen LogP contribution < -0.4 is 15.0 Å². The SMILES string of the molecule is Cc1ccc(C(=O)N2CCN(c3c(Cl)cccc3NC(=O)c3cccc(OC(C)C)c3)CC2)cc1. The highest BCUT2D eigenvalue weighted by molar-refractivity contribution is 6.34. The first-order chi connectivity index (χ1) is 16.8. The summed E-state index contributed by atoms with van der Waals surface area (Å²) in [5.74, 6) is 0.435. The Bertz CT molecular complexity index is 1200. The monoisotopic (exact) mass is 491 g/mol. The van der Waals surface area contributed by atoms with Gasteiger partial charge in [0.05, 0.1) is 22.5 Å². The third-order valence-corrected chi connectivity index (χ3v) is 6.19. The zero-order chi connectivity index (χ0) is 24.9. The minimum absolute atomic E-state index is 0.0180. The fraction of sp³-hybridized carbons (Fsp3) is 0.286. The number of para-hydroxylation sites is 1. The predicted molar refractivity (Wildman–Crippen MR) is 141 cm³/mol. The molecule has 3 aromatic carbocycles. The van der Waals surface area contributed by atoms with Gasteiger partial charge >= 0.3 is 0 Å². The van der Waals surface area contributed by atoms with E-state index < -0.39 is 0 Å². The first-order valence-corrected chi connectivity index (χ1v) is 12.2. The van der Waals surface area contributed by atoms with Crippen molar-refractivity contribution in [2.45, 2.75) is 26.9 Å². The van der Waals surface area contributed by atoms with Crippen molar-refractivity contribution in [3.8, 4) is 5.75 Å². The smallest absolute Gasteiger partial charge is 0.255 e. The first-order valence-electron chi connectivity index (χ1n) is 11.8. The molecule has 0 bridgehead atoms. The number of nitrogens with one attached hydrogen (secondary N) is 1. The zero-order valence-corrected chi connectivity index (χ0v) is 21.0. The van der Waals surface area contributed by atoms with E-state index in [1.54, 1.807) is 18.2 Å². The highest BCUT2D eigenvalue weighted by Crippen LogP contribution is 2.35. The normalized spacial score (nSPS) is 13.6. The molecule has 1 aliphatic heterocycles. The summed E-state index contributed by atoms with van der Waals surface area (Å²) >= 11 is 6.59. The van der Waals surface area contributed by atoms with Crippen molar-refractivity contribution >= 4 is 34.8 Å². The van der Waals surface area contributed by atoms with Crippen molar-refractivity contribution in [3.05, 3.63) is 88.4 Å². The lowest BCUT2D eigenvalue weighted by molar-refractivity contribution is 0.0746. The van der Waals surface area contributed by atoms with Gasteiger partial charge in [0.2, 0.25) is 0 Å². The van der Waals surface area contributed by atoms with E-state index in [1.165, 1.54) is 0 Å². The molecule has 0 radical (unpaired) electrons. The molecule has 35 heavy (non-hydrogen) atoms. The standard InChI is InChI=1S/C28H30ClN3O3/c1-19(2)35-23-7-4-6-22(18-23)27(33)30-25-9-5-8-24(29)26(25)31-14-16-32(17-15-31)28(34)21-12-10-20(3)11-13-21/h4-13,18-19H,14-17H2,1-3H3,(H,30,33). The Balaban J connectivity index is 1.47. The Hall–Kier alpha value is -3.51. The molecular weight excluding hydrogens is 462 g/mol. The molecule has 1 N–H and O–H groups in total. The summed E-state index contributed by atoms with van der Waals surface area (Å²) in [6, 6.07) is 20.2. The van der Waals surface area contributed by atoms with Gasteiger partial charge in [0, 0.05) is 37.3 Å². The Morgan fingerprint density at radius 2 is 1.60 bits per heavy atom. The van der Waals surface area contributed by atoms with Gasteiger partial charge in [0.1, 0.15) is 5.75 Å². The number of ether oxygens (including phenoxy) is 1. The van der Waals surface area contributed by atoms with Crippen molar-refractivity contribution in [2.75, 3.05) is 36.4 Å². The molecule has 1 fully saturated rings. The minimum atomic E-state index is -0.240. The maximum Gasteiger partial charge on any atom is 0.255 e. The number of benzene rings is 3. The van der Waals surface area contributed by atoms with Crippen LogP contribution >= 0.6 is 11.6 Å². The van der Waals surface area contributed by atoms with Gasteiger partial charge in [-0.2, -0.15) is 0 Å². The van der Waals surface area contributed by atoms with Crippen LogP contribution in [0.15, 0.2) is 66.7 Å². The van der Waals surface area contributed by atoms with Crippen LogP contribution in [0.25, 0.3) is 0 Å². The molecule has 182 valence electrons. The van der Waals surface area contributed by atoms with Crippen LogP contribution in [0.2, 0.25) is 5.02 Å². The number of carbonyl (C=O) groups is 2. The average molecular weight is 492 g/mol. The minimum Gasteiger partial charge on any atom is -0.491 e. The van der Waals surface area contributed by atoms with E-state index in [4.69, 9.17) is 16.3 Å². The van der Waals surface area contributed by atoms with Gasteiger partial charge in [-0.1, -0.05) is 41.4 Å². The van der Waals surface area contributed by atoms with E-state index in [0.29, 0.717) is 53.8 Å². The van der Waals surface area contributed by atoms with Gasteiger partial charge in [-0.05, 0) is 63.2 Å². The van der Waals surface area contributed by atoms with Crippen molar-refractivity contribution in [1.29, 1.82) is 0 Å². The fourth-order valence-corrected chi connectivity index (χ4v) is 4.42. The molecule has 0 aromatic heterocycles. The van der Waals surface area contributed by atoms with E-state index in [2.05, 4.69) is 10.2 Å². The molecule has 0 spiro atoms. The average Bonchev–Trinajstić information content (AvgIpc) is 2.84. The lowest BCUT2D eigenvalue weighted by Crippen LogP contribution is -2.49. The fourth-order valence-electron chi connectivity index (χ4n) is 4.13. The second-order valence-electron chi connectivity index (χ2n) is 8.93. The molecule has 1 aliphatic rings. The van der Waals surface area contributed by atoms with Crippen LogP contribution in [0.3, 0.4) is 0 Å². The van der Waals surface area contributed by atoms with Crippen molar-refractivity contribution in [2.24, 2.45) is 0 Å². The Labute approximate surface area is 211 Å². The molecule has 3 aromatic rings. The lowest BCUT2D eigenvalue weighted by atomic mass is 10.1. The molecule has 2 amide bonds. The highest BCUT2D eigenvalue weighted by atomic mass is 35.5. The number of carbonyl (C=O) groups excluding carboxylic acids is 2. The van der Waals surface area contributed by atoms with Crippen LogP contribution in [-0.2, 0) is 0 Å². The van der Waals surface area contributed by atoms with Crippen LogP contribution in [-0.4, -0.2) is 49.0 Å². The summed E-state index contributed by atoms with van der Waals surface area (Å²) in [5, 5.41) is 3.56. The molecule has 0 aliphatic carbocycles. The van der Waals surface area contributed by atoms with Crippen molar-refractivity contribution < 1.29 is 14.3 Å². The maximum absolute atomic E-state index is 13.0. The topological polar surface area (TPSA) is 61.9 Å². The quantitative estimate of drug-likeness (QED) is 0.484. The zero-order valence-electron chi connectivity index (χ0n) is 20.3. The van der Waals surface area contributed by atoms with Crippen LogP contribution in [0.1, 0.15) is 40.1 Å². The number of hydrogen-bond donors (Lipinski definition) is 1. The Morgan fingerprint density at radius 1 is 0.914 bits per heavy atom. The second-order valence-corrected chi connectivity index (χ2v) is 9.34. The van der Waals surface area contributed by atoms with Gasteiger partial charge in [0.15, 0.2) is 0 Å². The van der Waals surface area contributed by atoms with Crippen molar-refractivity contribution in [1.82, 2.24) is 4.90 Å². The van der Waals surface area contributed by atoms with Gasteiger partial charge < -0.3 is 19.9 Å². The summed E-state index contributed by atoms with van der Waals surface area (Å²) in [6.07, 6.45) is 0.0180. The van der Waals surface area contributed by atoms with E-state index >= 15 is 0 Å².